The molecule has 4 nitrogen and oxygen atoms in total. The van der Waals surface area contributed by atoms with Gasteiger partial charge in [-0.25, -0.2) is 4.79 Å². The zero-order valence-corrected chi connectivity index (χ0v) is 12.6. The third-order valence-electron chi connectivity index (χ3n) is 3.58. The van der Waals surface area contributed by atoms with Gasteiger partial charge in [0.15, 0.2) is 6.23 Å². The Bertz CT molecular complexity index is 436. The smallest absolute Gasteiger partial charge is 0.320 e. The largest absolute Gasteiger partial charge is 0.471 e. The molecule has 2 amide bonds. The van der Waals surface area contributed by atoms with E-state index in [9.17, 15) is 4.79 Å². The molecular formula is C16H24N2O2. The van der Waals surface area contributed by atoms with E-state index in [1.807, 2.05) is 24.0 Å². The van der Waals surface area contributed by atoms with Gasteiger partial charge in [-0.05, 0) is 43.4 Å². The zero-order valence-electron chi connectivity index (χ0n) is 12.6. The molecule has 0 radical (unpaired) electrons. The number of hydrogen-bond acceptors (Lipinski definition) is 2. The van der Waals surface area contributed by atoms with Crippen LogP contribution in [0.1, 0.15) is 45.1 Å². The van der Waals surface area contributed by atoms with Crippen LogP contribution < -0.4 is 10.1 Å². The first-order valence-corrected chi connectivity index (χ1v) is 7.38. The molecule has 1 atom stereocenters. The van der Waals surface area contributed by atoms with E-state index in [0.717, 1.165) is 31.7 Å². The molecule has 1 aliphatic rings. The predicted molar refractivity (Wildman–Crippen MR) is 80.0 cm³/mol. The molecule has 0 spiro atoms. The highest BCUT2D eigenvalue weighted by Crippen LogP contribution is 2.19. The van der Waals surface area contributed by atoms with Crippen LogP contribution in [0.4, 0.5) is 4.79 Å². The topological polar surface area (TPSA) is 41.6 Å². The minimum Gasteiger partial charge on any atom is -0.471 e. The number of nitrogens with one attached hydrogen (secondary N) is 1. The third-order valence-corrected chi connectivity index (χ3v) is 3.58. The predicted octanol–water partition coefficient (Wildman–Crippen LogP) is 3.34. The van der Waals surface area contributed by atoms with Crippen LogP contribution in [0, 0.1) is 0 Å². The standard InChI is InChI=1S/C16H24N2O2/c1-12(2)14-6-8-15(9-7-14)20-13(3)17-16(19)18-10-4-5-11-18/h6-9,12-13H,4-5,10-11H2,1-3H3,(H,17,19). The summed E-state index contributed by atoms with van der Waals surface area (Å²) in [5.41, 5.74) is 1.28. The molecule has 1 heterocycles. The molecule has 1 saturated heterocycles. The number of likely N-dealkylation sites (tertiary alicyclic amines) is 1. The molecule has 0 aromatic heterocycles. The Kier molecular flexibility index (Phi) is 4.88. The first-order valence-electron chi connectivity index (χ1n) is 7.38. The lowest BCUT2D eigenvalue weighted by molar-refractivity contribution is 0.159. The summed E-state index contributed by atoms with van der Waals surface area (Å²) in [5.74, 6) is 1.29. The second-order valence-electron chi connectivity index (χ2n) is 5.63. The Labute approximate surface area is 121 Å². The van der Waals surface area contributed by atoms with E-state index in [0.29, 0.717) is 5.92 Å². The summed E-state index contributed by atoms with van der Waals surface area (Å²) in [5, 5.41) is 2.87. The number of hydrogen-bond donors (Lipinski definition) is 1. The quantitative estimate of drug-likeness (QED) is 0.857. The van der Waals surface area contributed by atoms with Gasteiger partial charge < -0.3 is 15.0 Å². The van der Waals surface area contributed by atoms with E-state index in [1.165, 1.54) is 5.56 Å². The Hall–Kier alpha value is -1.71. The van der Waals surface area contributed by atoms with Gasteiger partial charge >= 0.3 is 6.03 Å². The first kappa shape index (κ1) is 14.7. The van der Waals surface area contributed by atoms with Crippen molar-refractivity contribution in [2.45, 2.75) is 45.8 Å². The molecule has 1 unspecified atom stereocenters. The van der Waals surface area contributed by atoms with Gasteiger partial charge in [0.2, 0.25) is 0 Å². The summed E-state index contributed by atoms with van der Waals surface area (Å²) in [4.78, 5) is 13.8. The van der Waals surface area contributed by atoms with Crippen LogP contribution in [0.3, 0.4) is 0 Å². The molecule has 4 heteroatoms. The number of ether oxygens (including phenoxy) is 1. The molecule has 1 fully saturated rings. The second-order valence-corrected chi connectivity index (χ2v) is 5.63. The third kappa shape index (κ3) is 3.89. The van der Waals surface area contributed by atoms with E-state index >= 15 is 0 Å². The van der Waals surface area contributed by atoms with Gasteiger partial charge in [0, 0.05) is 13.1 Å². The molecule has 110 valence electrons. The average molecular weight is 276 g/mol. The highest BCUT2D eigenvalue weighted by molar-refractivity contribution is 5.74. The highest BCUT2D eigenvalue weighted by atomic mass is 16.5. The van der Waals surface area contributed by atoms with Gasteiger partial charge in [0.1, 0.15) is 5.75 Å². The first-order chi connectivity index (χ1) is 9.56. The number of urea groups is 1. The summed E-state index contributed by atoms with van der Waals surface area (Å²) in [7, 11) is 0. The van der Waals surface area contributed by atoms with Crippen LogP contribution in [0.15, 0.2) is 24.3 Å². The van der Waals surface area contributed by atoms with E-state index in [4.69, 9.17) is 4.74 Å². The maximum atomic E-state index is 11.9. The fraction of sp³-hybridized carbons (Fsp3) is 0.562. The average Bonchev–Trinajstić information content (AvgIpc) is 2.93. The molecule has 0 aliphatic carbocycles. The van der Waals surface area contributed by atoms with Gasteiger partial charge in [-0.3, -0.25) is 0 Å². The van der Waals surface area contributed by atoms with E-state index in [-0.39, 0.29) is 12.3 Å². The number of amides is 2. The Morgan fingerprint density at radius 2 is 1.75 bits per heavy atom. The van der Waals surface area contributed by atoms with E-state index < -0.39 is 0 Å². The minimum absolute atomic E-state index is 0.0335. The Morgan fingerprint density at radius 3 is 2.30 bits per heavy atom. The minimum atomic E-state index is -0.326. The van der Waals surface area contributed by atoms with Crippen LogP contribution in [0.25, 0.3) is 0 Å². The summed E-state index contributed by atoms with van der Waals surface area (Å²) in [6.45, 7) is 7.87. The molecule has 2 rings (SSSR count). The molecule has 1 aromatic rings. The van der Waals surface area contributed by atoms with Crippen molar-refractivity contribution >= 4 is 6.03 Å². The van der Waals surface area contributed by atoms with Crippen molar-refractivity contribution in [2.24, 2.45) is 0 Å². The summed E-state index contributed by atoms with van der Waals surface area (Å²) in [6, 6.07) is 8.00. The summed E-state index contributed by atoms with van der Waals surface area (Å²) < 4.78 is 5.72. The van der Waals surface area contributed by atoms with Gasteiger partial charge in [-0.15, -0.1) is 0 Å². The maximum Gasteiger partial charge on any atom is 0.320 e. The number of carbonyl (C=O) groups is 1. The van der Waals surface area contributed by atoms with Crippen molar-refractivity contribution in [2.75, 3.05) is 13.1 Å². The van der Waals surface area contributed by atoms with Crippen LogP contribution in [-0.2, 0) is 0 Å². The fourth-order valence-electron chi connectivity index (χ4n) is 2.35. The second kappa shape index (κ2) is 6.64. The van der Waals surface area contributed by atoms with Gasteiger partial charge in [0.25, 0.3) is 0 Å². The van der Waals surface area contributed by atoms with Gasteiger partial charge in [-0.2, -0.15) is 0 Å². The van der Waals surface area contributed by atoms with Crippen molar-refractivity contribution in [1.29, 1.82) is 0 Å². The number of carbonyl (C=O) groups excluding carboxylic acids is 1. The highest BCUT2D eigenvalue weighted by Gasteiger charge is 2.19. The molecule has 20 heavy (non-hydrogen) atoms. The van der Waals surface area contributed by atoms with E-state index in [1.54, 1.807) is 0 Å². The molecule has 0 bridgehead atoms. The maximum absolute atomic E-state index is 11.9. The molecule has 1 N–H and O–H groups in total. The van der Waals surface area contributed by atoms with Crippen LogP contribution in [0.5, 0.6) is 5.75 Å². The number of rotatable bonds is 4. The number of nitrogens with zero attached hydrogens (tertiary/aromatic N) is 1. The van der Waals surface area contributed by atoms with Crippen molar-refractivity contribution in [3.8, 4) is 5.75 Å². The summed E-state index contributed by atoms with van der Waals surface area (Å²) >= 11 is 0. The lowest BCUT2D eigenvalue weighted by Gasteiger charge is -2.21. The summed E-state index contributed by atoms with van der Waals surface area (Å²) in [6.07, 6.45) is 1.87. The zero-order chi connectivity index (χ0) is 14.5. The fourth-order valence-corrected chi connectivity index (χ4v) is 2.35. The molecule has 0 saturated carbocycles. The monoisotopic (exact) mass is 276 g/mol. The molecule has 1 aromatic carbocycles. The van der Waals surface area contributed by atoms with Crippen molar-refractivity contribution < 1.29 is 9.53 Å². The molecular weight excluding hydrogens is 252 g/mol. The van der Waals surface area contributed by atoms with Gasteiger partial charge in [-0.1, -0.05) is 26.0 Å². The lowest BCUT2D eigenvalue weighted by Crippen LogP contribution is -2.44. The van der Waals surface area contributed by atoms with Crippen LogP contribution >= 0.6 is 0 Å². The van der Waals surface area contributed by atoms with Crippen LogP contribution in [-0.4, -0.2) is 30.2 Å². The van der Waals surface area contributed by atoms with Gasteiger partial charge in [0.05, 0.1) is 0 Å². The Balaban J connectivity index is 1.84. The lowest BCUT2D eigenvalue weighted by atomic mass is 10.0. The van der Waals surface area contributed by atoms with Crippen molar-refractivity contribution in [3.63, 3.8) is 0 Å². The number of benzene rings is 1. The van der Waals surface area contributed by atoms with Crippen LogP contribution in [0.2, 0.25) is 0 Å². The SMILES string of the molecule is CC(NC(=O)N1CCCC1)Oc1ccc(C(C)C)cc1. The normalized spacial score (nSPS) is 16.3. The Morgan fingerprint density at radius 1 is 1.15 bits per heavy atom. The molecule has 1 aliphatic heterocycles. The van der Waals surface area contributed by atoms with Crippen molar-refractivity contribution in [3.05, 3.63) is 29.8 Å². The van der Waals surface area contributed by atoms with E-state index in [2.05, 4.69) is 31.3 Å². The van der Waals surface area contributed by atoms with Crippen molar-refractivity contribution in [1.82, 2.24) is 10.2 Å².